The quantitative estimate of drug-likeness (QED) is 0.806. The fraction of sp³-hybridized carbons (Fsp3) is 0.333. The molecule has 6 heteroatoms. The lowest BCUT2D eigenvalue weighted by Gasteiger charge is -2.11. The van der Waals surface area contributed by atoms with Crippen molar-refractivity contribution in [2.45, 2.75) is 12.7 Å². The van der Waals surface area contributed by atoms with Gasteiger partial charge in [0.05, 0.1) is 12.9 Å². The molecule has 0 radical (unpaired) electrons. The molecule has 0 saturated carbocycles. The van der Waals surface area contributed by atoms with Crippen molar-refractivity contribution in [3.63, 3.8) is 0 Å². The molecule has 3 nitrogen and oxygen atoms in total. The van der Waals surface area contributed by atoms with Crippen molar-refractivity contribution in [2.75, 3.05) is 7.11 Å². The minimum atomic E-state index is -3.58. The third kappa shape index (κ3) is 3.36. The Morgan fingerprint density at radius 3 is 2.53 bits per heavy atom. The average Bonchev–Trinajstić information content (AvgIpc) is 2.11. The molecule has 0 saturated heterocycles. The number of methoxy groups -OCH3 is 1. The first kappa shape index (κ1) is 12.8. The lowest BCUT2D eigenvalue weighted by Crippen LogP contribution is -2.01. The maximum atomic E-state index is 11.0. The molecule has 15 heavy (non-hydrogen) atoms. The van der Waals surface area contributed by atoms with Crippen molar-refractivity contribution in [2.24, 2.45) is 0 Å². The zero-order valence-electron chi connectivity index (χ0n) is 8.25. The number of hydrogen-bond donors (Lipinski definition) is 0. The smallest absolute Gasteiger partial charge is 0.236 e. The van der Waals surface area contributed by atoms with Crippen molar-refractivity contribution in [3.8, 4) is 5.75 Å². The fourth-order valence-corrected chi connectivity index (χ4v) is 2.65. The molecule has 0 aromatic heterocycles. The number of rotatable bonds is 3. The first-order valence-corrected chi connectivity index (χ1v) is 7.36. The topological polar surface area (TPSA) is 43.4 Å². The monoisotopic (exact) mass is 312 g/mol. The fourth-order valence-electron chi connectivity index (χ4n) is 1.25. The highest BCUT2D eigenvalue weighted by molar-refractivity contribution is 9.10. The SMILES string of the molecule is COc1ccc(Br)c(C)c1CS(=O)(=O)Cl. The summed E-state index contributed by atoms with van der Waals surface area (Å²) in [5, 5.41) is 0. The molecular weight excluding hydrogens is 304 g/mol. The summed E-state index contributed by atoms with van der Waals surface area (Å²) in [6.45, 7) is 1.81. The highest BCUT2D eigenvalue weighted by atomic mass is 79.9. The number of benzene rings is 1. The van der Waals surface area contributed by atoms with Crippen LogP contribution in [0, 0.1) is 6.92 Å². The molecule has 0 N–H and O–H groups in total. The van der Waals surface area contributed by atoms with Crippen molar-refractivity contribution in [1.29, 1.82) is 0 Å². The number of hydrogen-bond acceptors (Lipinski definition) is 3. The Labute approximate surface area is 102 Å². The Kier molecular flexibility index (Phi) is 4.03. The van der Waals surface area contributed by atoms with Crippen LogP contribution in [-0.2, 0) is 14.8 Å². The summed E-state index contributed by atoms with van der Waals surface area (Å²) in [5.41, 5.74) is 1.40. The molecule has 0 aliphatic rings. The average molecular weight is 314 g/mol. The van der Waals surface area contributed by atoms with E-state index < -0.39 is 9.05 Å². The van der Waals surface area contributed by atoms with E-state index in [4.69, 9.17) is 15.4 Å². The minimum Gasteiger partial charge on any atom is -0.496 e. The van der Waals surface area contributed by atoms with Crippen LogP contribution >= 0.6 is 26.6 Å². The van der Waals surface area contributed by atoms with Crippen LogP contribution in [0.2, 0.25) is 0 Å². The Balaban J connectivity index is 3.30. The van der Waals surface area contributed by atoms with Gasteiger partial charge < -0.3 is 4.74 Å². The van der Waals surface area contributed by atoms with Crippen molar-refractivity contribution >= 4 is 35.7 Å². The summed E-state index contributed by atoms with van der Waals surface area (Å²) in [4.78, 5) is 0. The second-order valence-electron chi connectivity index (χ2n) is 3.04. The van der Waals surface area contributed by atoms with Gasteiger partial charge in [-0.25, -0.2) is 8.42 Å². The number of ether oxygens (including phenoxy) is 1. The largest absolute Gasteiger partial charge is 0.496 e. The molecular formula is C9H10BrClO3S. The van der Waals surface area contributed by atoms with E-state index in [2.05, 4.69) is 15.9 Å². The van der Waals surface area contributed by atoms with Gasteiger partial charge in [0.25, 0.3) is 0 Å². The van der Waals surface area contributed by atoms with Gasteiger partial charge in [-0.2, -0.15) is 0 Å². The number of halogens is 2. The summed E-state index contributed by atoms with van der Waals surface area (Å²) < 4.78 is 28.0. The Morgan fingerprint density at radius 2 is 2.07 bits per heavy atom. The lowest BCUT2D eigenvalue weighted by atomic mass is 10.1. The normalized spacial score (nSPS) is 11.5. The Bertz CT molecular complexity index is 470. The van der Waals surface area contributed by atoms with Gasteiger partial charge in [0, 0.05) is 20.7 Å². The van der Waals surface area contributed by atoms with Crippen LogP contribution in [-0.4, -0.2) is 15.5 Å². The molecule has 0 amide bonds. The second-order valence-corrected chi connectivity index (χ2v) is 6.67. The molecule has 0 fully saturated rings. The van der Waals surface area contributed by atoms with E-state index in [0.717, 1.165) is 10.0 Å². The molecule has 0 aliphatic carbocycles. The molecule has 0 spiro atoms. The molecule has 84 valence electrons. The van der Waals surface area contributed by atoms with Gasteiger partial charge in [0.1, 0.15) is 5.75 Å². The highest BCUT2D eigenvalue weighted by Crippen LogP contribution is 2.30. The maximum absolute atomic E-state index is 11.0. The predicted octanol–water partition coefficient (Wildman–Crippen LogP) is 2.83. The predicted molar refractivity (Wildman–Crippen MR) is 63.9 cm³/mol. The van der Waals surface area contributed by atoms with E-state index >= 15 is 0 Å². The van der Waals surface area contributed by atoms with Crippen LogP contribution in [0.25, 0.3) is 0 Å². The van der Waals surface area contributed by atoms with Gasteiger partial charge in [0.2, 0.25) is 9.05 Å². The Hall–Kier alpha value is -0.260. The van der Waals surface area contributed by atoms with E-state index in [-0.39, 0.29) is 5.75 Å². The Morgan fingerprint density at radius 1 is 1.47 bits per heavy atom. The molecule has 0 bridgehead atoms. The molecule has 0 aliphatic heterocycles. The van der Waals surface area contributed by atoms with Crippen molar-refractivity contribution in [1.82, 2.24) is 0 Å². The summed E-state index contributed by atoms with van der Waals surface area (Å²) in [6.07, 6.45) is 0. The maximum Gasteiger partial charge on any atom is 0.236 e. The van der Waals surface area contributed by atoms with Crippen LogP contribution in [0.1, 0.15) is 11.1 Å². The van der Waals surface area contributed by atoms with Crippen LogP contribution in [0.15, 0.2) is 16.6 Å². The van der Waals surface area contributed by atoms with E-state index in [1.807, 2.05) is 6.92 Å². The van der Waals surface area contributed by atoms with Crippen LogP contribution in [0.3, 0.4) is 0 Å². The van der Waals surface area contributed by atoms with Gasteiger partial charge in [-0.3, -0.25) is 0 Å². The molecule has 0 unspecified atom stereocenters. The first-order chi connectivity index (χ1) is 6.85. The molecule has 1 aromatic rings. The van der Waals surface area contributed by atoms with Crippen LogP contribution in [0.4, 0.5) is 0 Å². The summed E-state index contributed by atoms with van der Waals surface area (Å²) in [7, 11) is 3.14. The zero-order valence-corrected chi connectivity index (χ0v) is 11.4. The third-order valence-corrected chi connectivity index (χ3v) is 3.85. The van der Waals surface area contributed by atoms with E-state index in [1.165, 1.54) is 7.11 Å². The summed E-state index contributed by atoms with van der Waals surface area (Å²) in [6, 6.07) is 3.51. The lowest BCUT2D eigenvalue weighted by molar-refractivity contribution is 0.410. The second kappa shape index (κ2) is 4.72. The van der Waals surface area contributed by atoms with Gasteiger partial charge in [-0.05, 0) is 24.6 Å². The van der Waals surface area contributed by atoms with Crippen molar-refractivity contribution < 1.29 is 13.2 Å². The van der Waals surface area contributed by atoms with Gasteiger partial charge >= 0.3 is 0 Å². The van der Waals surface area contributed by atoms with Gasteiger partial charge in [-0.1, -0.05) is 15.9 Å². The van der Waals surface area contributed by atoms with Crippen LogP contribution < -0.4 is 4.74 Å². The van der Waals surface area contributed by atoms with Crippen molar-refractivity contribution in [3.05, 3.63) is 27.7 Å². The highest BCUT2D eigenvalue weighted by Gasteiger charge is 2.15. The summed E-state index contributed by atoms with van der Waals surface area (Å²) in [5.74, 6) is 0.295. The van der Waals surface area contributed by atoms with Crippen LogP contribution in [0.5, 0.6) is 5.75 Å². The summed E-state index contributed by atoms with van der Waals surface area (Å²) >= 11 is 3.32. The standard InChI is InChI=1S/C9H10BrClO3S/c1-6-7(5-15(11,12)13)9(14-2)4-3-8(6)10/h3-4H,5H2,1-2H3. The van der Waals surface area contributed by atoms with E-state index in [0.29, 0.717) is 11.3 Å². The first-order valence-electron chi connectivity index (χ1n) is 4.09. The zero-order chi connectivity index (χ0) is 11.6. The molecule has 0 atom stereocenters. The molecule has 0 heterocycles. The van der Waals surface area contributed by atoms with Gasteiger partial charge in [0.15, 0.2) is 0 Å². The third-order valence-electron chi connectivity index (χ3n) is 2.03. The van der Waals surface area contributed by atoms with E-state index in [9.17, 15) is 8.42 Å². The molecule has 1 rings (SSSR count). The van der Waals surface area contributed by atoms with Gasteiger partial charge in [-0.15, -0.1) is 0 Å². The minimum absolute atomic E-state index is 0.233. The van der Waals surface area contributed by atoms with E-state index in [1.54, 1.807) is 12.1 Å². The molecule has 1 aromatic carbocycles.